The Morgan fingerprint density at radius 1 is 1.24 bits per heavy atom. The number of carbonyl (C=O) groups is 1. The fourth-order valence-electron chi connectivity index (χ4n) is 3.34. The van der Waals surface area contributed by atoms with Gasteiger partial charge in [-0.1, -0.05) is 11.6 Å². The number of carbonyl (C=O) groups excluding carboxylic acids is 1. The van der Waals surface area contributed by atoms with E-state index in [1.807, 2.05) is 64.8 Å². The minimum atomic E-state index is -0.448. The first kappa shape index (κ1) is 18.4. The quantitative estimate of drug-likeness (QED) is 0.849. The number of nitrogens with zero attached hydrogens (tertiary/aromatic N) is 1. The van der Waals surface area contributed by atoms with E-state index in [2.05, 4.69) is 5.32 Å². The van der Waals surface area contributed by atoms with Crippen LogP contribution in [0.25, 0.3) is 0 Å². The van der Waals surface area contributed by atoms with E-state index in [-0.39, 0.29) is 11.9 Å². The molecule has 0 unspecified atom stereocenters. The second kappa shape index (κ2) is 6.42. The van der Waals surface area contributed by atoms with Crippen molar-refractivity contribution in [1.29, 1.82) is 0 Å². The van der Waals surface area contributed by atoms with Gasteiger partial charge in [-0.05, 0) is 65.2 Å². The maximum absolute atomic E-state index is 12.9. The summed E-state index contributed by atoms with van der Waals surface area (Å²) in [6.07, 6.45) is 0.998. The predicted molar refractivity (Wildman–Crippen MR) is 100 cm³/mol. The summed E-state index contributed by atoms with van der Waals surface area (Å²) in [5.41, 5.74) is 1.90. The van der Waals surface area contributed by atoms with E-state index in [0.717, 1.165) is 30.5 Å². The molecule has 2 saturated heterocycles. The molecular weight excluding hydrogens is 315 g/mol. The largest absolute Gasteiger partial charge is 0.495 e. The van der Waals surface area contributed by atoms with Crippen LogP contribution in [0.3, 0.4) is 0 Å². The van der Waals surface area contributed by atoms with Crippen molar-refractivity contribution in [2.45, 2.75) is 58.3 Å². The van der Waals surface area contributed by atoms with Crippen molar-refractivity contribution in [2.24, 2.45) is 0 Å². The molecule has 1 amide bonds. The van der Waals surface area contributed by atoms with Gasteiger partial charge in [-0.15, -0.1) is 0 Å². The normalized spacial score (nSPS) is 24.6. The minimum Gasteiger partial charge on any atom is -0.399 e. The van der Waals surface area contributed by atoms with Crippen LogP contribution < -0.4 is 10.8 Å². The number of likely N-dealkylation sites (N-methyl/N-ethyl adjacent to an activating group) is 1. The van der Waals surface area contributed by atoms with E-state index in [1.54, 1.807) is 0 Å². The zero-order chi connectivity index (χ0) is 18.4. The van der Waals surface area contributed by atoms with Crippen LogP contribution in [-0.2, 0) is 9.31 Å². The molecule has 1 N–H and O–H groups in total. The smallest absolute Gasteiger partial charge is 0.399 e. The Morgan fingerprint density at radius 3 is 2.44 bits per heavy atom. The molecule has 0 bridgehead atoms. The molecule has 0 saturated carbocycles. The zero-order valence-corrected chi connectivity index (χ0v) is 16.2. The first-order chi connectivity index (χ1) is 11.6. The van der Waals surface area contributed by atoms with Gasteiger partial charge in [-0.2, -0.15) is 0 Å². The Kier molecular flexibility index (Phi) is 4.73. The van der Waals surface area contributed by atoms with Crippen LogP contribution in [-0.4, -0.2) is 55.3 Å². The lowest BCUT2D eigenvalue weighted by Crippen LogP contribution is -2.41. The molecular formula is C19H29BN2O3. The molecule has 1 aromatic rings. The highest BCUT2D eigenvalue weighted by atomic mass is 16.7. The van der Waals surface area contributed by atoms with E-state index in [4.69, 9.17) is 9.31 Å². The highest BCUT2D eigenvalue weighted by molar-refractivity contribution is 6.62. The molecule has 1 atom stereocenters. The highest BCUT2D eigenvalue weighted by Crippen LogP contribution is 2.36. The van der Waals surface area contributed by atoms with E-state index < -0.39 is 18.3 Å². The molecule has 2 heterocycles. The first-order valence-corrected chi connectivity index (χ1v) is 9.06. The molecule has 2 aliphatic heterocycles. The van der Waals surface area contributed by atoms with Gasteiger partial charge in [0, 0.05) is 25.2 Å². The Bertz CT molecular complexity index is 653. The molecule has 3 rings (SSSR count). The van der Waals surface area contributed by atoms with Gasteiger partial charge < -0.3 is 19.5 Å². The van der Waals surface area contributed by atoms with Crippen molar-refractivity contribution < 1.29 is 14.1 Å². The molecule has 136 valence electrons. The van der Waals surface area contributed by atoms with Crippen LogP contribution in [0, 0.1) is 6.92 Å². The van der Waals surface area contributed by atoms with Gasteiger partial charge >= 0.3 is 7.12 Å². The molecule has 5 nitrogen and oxygen atoms in total. The van der Waals surface area contributed by atoms with Crippen molar-refractivity contribution in [2.75, 3.05) is 20.1 Å². The van der Waals surface area contributed by atoms with Gasteiger partial charge in [0.25, 0.3) is 5.91 Å². The van der Waals surface area contributed by atoms with Crippen LogP contribution in [0.2, 0.25) is 0 Å². The second-order valence-electron chi connectivity index (χ2n) is 8.22. The fourth-order valence-corrected chi connectivity index (χ4v) is 3.34. The standard InChI is InChI=1S/C19H29BN2O3/c1-13-7-8-14(17(23)22(6)15-9-10-21-12-15)11-16(13)20-24-18(2,3)19(4,5)25-20/h7-8,11,15,21H,9-10,12H2,1-6H3/t15-/m0/s1. The fraction of sp³-hybridized carbons (Fsp3) is 0.632. The zero-order valence-electron chi connectivity index (χ0n) is 16.2. The first-order valence-electron chi connectivity index (χ1n) is 9.06. The molecule has 0 aromatic heterocycles. The number of aryl methyl sites for hydroxylation is 1. The molecule has 0 spiro atoms. The lowest BCUT2D eigenvalue weighted by Gasteiger charge is -2.32. The Balaban J connectivity index is 1.85. The summed E-state index contributed by atoms with van der Waals surface area (Å²) >= 11 is 0. The third kappa shape index (κ3) is 3.35. The number of nitrogens with one attached hydrogen (secondary N) is 1. The molecule has 6 heteroatoms. The number of hydrogen-bond donors (Lipinski definition) is 1. The Hall–Kier alpha value is -1.37. The summed E-state index contributed by atoms with van der Waals surface area (Å²) in [7, 11) is 1.44. The van der Waals surface area contributed by atoms with E-state index >= 15 is 0 Å². The average Bonchev–Trinajstić information content (AvgIpc) is 3.13. The summed E-state index contributed by atoms with van der Waals surface area (Å²) in [5, 5.41) is 3.31. The van der Waals surface area contributed by atoms with Crippen molar-refractivity contribution in [3.63, 3.8) is 0 Å². The van der Waals surface area contributed by atoms with Crippen molar-refractivity contribution >= 4 is 18.5 Å². The second-order valence-corrected chi connectivity index (χ2v) is 8.22. The molecule has 2 fully saturated rings. The lowest BCUT2D eigenvalue weighted by atomic mass is 9.75. The van der Waals surface area contributed by atoms with Gasteiger partial charge in [0.15, 0.2) is 0 Å². The maximum atomic E-state index is 12.9. The molecule has 1 aromatic carbocycles. The average molecular weight is 344 g/mol. The highest BCUT2D eigenvalue weighted by Gasteiger charge is 2.52. The minimum absolute atomic E-state index is 0.0477. The SMILES string of the molecule is Cc1ccc(C(=O)N(C)[C@H]2CCNC2)cc1B1OC(C)(C)C(C)(C)O1. The molecule has 25 heavy (non-hydrogen) atoms. The van der Waals surface area contributed by atoms with Crippen LogP contribution in [0.5, 0.6) is 0 Å². The van der Waals surface area contributed by atoms with Crippen LogP contribution >= 0.6 is 0 Å². The van der Waals surface area contributed by atoms with Crippen LogP contribution in [0.1, 0.15) is 50.0 Å². The third-order valence-electron chi connectivity index (χ3n) is 5.94. The molecule has 0 aliphatic carbocycles. The van der Waals surface area contributed by atoms with Crippen LogP contribution in [0.4, 0.5) is 0 Å². The Morgan fingerprint density at radius 2 is 1.88 bits per heavy atom. The van der Waals surface area contributed by atoms with Crippen molar-refractivity contribution in [3.05, 3.63) is 29.3 Å². The summed E-state index contributed by atoms with van der Waals surface area (Å²) < 4.78 is 12.3. The van der Waals surface area contributed by atoms with Crippen molar-refractivity contribution in [1.82, 2.24) is 10.2 Å². The van der Waals surface area contributed by atoms with Crippen LogP contribution in [0.15, 0.2) is 18.2 Å². The summed E-state index contributed by atoms with van der Waals surface area (Å²) in [6, 6.07) is 6.06. The third-order valence-corrected chi connectivity index (χ3v) is 5.94. The number of hydrogen-bond acceptors (Lipinski definition) is 4. The van der Waals surface area contributed by atoms with Gasteiger partial charge in [-0.3, -0.25) is 4.79 Å². The Labute approximate surface area is 151 Å². The summed E-state index contributed by atoms with van der Waals surface area (Å²) in [6.45, 7) is 12.0. The molecule has 2 aliphatic rings. The summed E-state index contributed by atoms with van der Waals surface area (Å²) in [4.78, 5) is 14.7. The van der Waals surface area contributed by atoms with E-state index in [9.17, 15) is 4.79 Å². The lowest BCUT2D eigenvalue weighted by molar-refractivity contribution is 0.00578. The topological polar surface area (TPSA) is 50.8 Å². The maximum Gasteiger partial charge on any atom is 0.495 e. The number of rotatable bonds is 3. The monoisotopic (exact) mass is 344 g/mol. The van der Waals surface area contributed by atoms with E-state index in [0.29, 0.717) is 5.56 Å². The van der Waals surface area contributed by atoms with E-state index in [1.165, 1.54) is 0 Å². The number of benzene rings is 1. The predicted octanol–water partition coefficient (Wildman–Crippen LogP) is 1.73. The van der Waals surface area contributed by atoms with Gasteiger partial charge in [0.05, 0.1) is 11.2 Å². The van der Waals surface area contributed by atoms with Gasteiger partial charge in [-0.25, -0.2) is 0 Å². The number of amides is 1. The van der Waals surface area contributed by atoms with Crippen molar-refractivity contribution in [3.8, 4) is 0 Å². The van der Waals surface area contributed by atoms with Gasteiger partial charge in [0.2, 0.25) is 0 Å². The van der Waals surface area contributed by atoms with Gasteiger partial charge in [0.1, 0.15) is 0 Å². The summed E-state index contributed by atoms with van der Waals surface area (Å²) in [5.74, 6) is 0.0477. The molecule has 0 radical (unpaired) electrons.